The zero-order valence-electron chi connectivity index (χ0n) is 13.6. The lowest BCUT2D eigenvalue weighted by atomic mass is 10.3. The van der Waals surface area contributed by atoms with Crippen LogP contribution in [0.1, 0.15) is 37.4 Å². The second-order valence-electron chi connectivity index (χ2n) is 5.56. The van der Waals surface area contributed by atoms with E-state index < -0.39 is 10.0 Å². The van der Waals surface area contributed by atoms with Gasteiger partial charge in [0.1, 0.15) is 0 Å². The first-order valence-corrected chi connectivity index (χ1v) is 9.41. The van der Waals surface area contributed by atoms with E-state index >= 15 is 0 Å². The van der Waals surface area contributed by atoms with Crippen LogP contribution in [0.15, 0.2) is 23.1 Å². The van der Waals surface area contributed by atoms with Crippen molar-refractivity contribution in [3.63, 3.8) is 0 Å². The maximum absolute atomic E-state index is 12.7. The van der Waals surface area contributed by atoms with Crippen molar-refractivity contribution in [3.05, 3.63) is 28.0 Å². The number of hydrogen-bond acceptors (Lipinski definition) is 4. The standard InChI is InChI=1S/C15H26N2O2S2/c1-7-17(10-11(2)3)21(18,19)15-8-14(20-13(15)6)9-16-12(4)5/h8,12,16H,2,7,9-10H2,1,3-6H3. The SMILES string of the molecule is C=C(C)CN(CC)S(=O)(=O)c1cc(CNC(C)C)sc1C. The Hall–Kier alpha value is -0.690. The first-order valence-electron chi connectivity index (χ1n) is 7.15. The molecule has 0 bridgehead atoms. The molecule has 1 N–H and O–H groups in total. The smallest absolute Gasteiger partial charge is 0.244 e. The van der Waals surface area contributed by atoms with Gasteiger partial charge in [-0.25, -0.2) is 8.42 Å². The quantitative estimate of drug-likeness (QED) is 0.745. The summed E-state index contributed by atoms with van der Waals surface area (Å²) in [5, 5.41) is 3.32. The van der Waals surface area contributed by atoms with Gasteiger partial charge < -0.3 is 5.32 Å². The number of aryl methyl sites for hydroxylation is 1. The Balaban J connectivity index is 3.04. The van der Waals surface area contributed by atoms with Gasteiger partial charge >= 0.3 is 0 Å². The predicted octanol–water partition coefficient (Wildman–Crippen LogP) is 3.14. The van der Waals surface area contributed by atoms with Gasteiger partial charge in [-0.1, -0.05) is 32.9 Å². The van der Waals surface area contributed by atoms with Gasteiger partial charge in [0, 0.05) is 35.4 Å². The summed E-state index contributed by atoms with van der Waals surface area (Å²) in [4.78, 5) is 2.32. The van der Waals surface area contributed by atoms with Gasteiger partial charge in [0.15, 0.2) is 0 Å². The minimum absolute atomic E-state index is 0.369. The van der Waals surface area contributed by atoms with Gasteiger partial charge in [-0.15, -0.1) is 11.3 Å². The molecule has 1 aromatic heterocycles. The predicted molar refractivity (Wildman–Crippen MR) is 90.3 cm³/mol. The molecule has 6 heteroatoms. The highest BCUT2D eigenvalue weighted by molar-refractivity contribution is 7.89. The van der Waals surface area contributed by atoms with Crippen LogP contribution in [-0.4, -0.2) is 31.9 Å². The first kappa shape index (κ1) is 18.4. The number of nitrogens with zero attached hydrogens (tertiary/aromatic N) is 1. The number of likely N-dealkylation sites (N-methyl/N-ethyl adjacent to an activating group) is 1. The van der Waals surface area contributed by atoms with E-state index in [0.717, 1.165) is 15.3 Å². The molecule has 0 aromatic carbocycles. The Morgan fingerprint density at radius 2 is 2.10 bits per heavy atom. The summed E-state index contributed by atoms with van der Waals surface area (Å²) in [6.07, 6.45) is 0. The van der Waals surface area contributed by atoms with E-state index in [4.69, 9.17) is 0 Å². The zero-order chi connectivity index (χ0) is 16.2. The van der Waals surface area contributed by atoms with Crippen LogP contribution in [0, 0.1) is 6.92 Å². The summed E-state index contributed by atoms with van der Waals surface area (Å²) < 4.78 is 27.0. The molecule has 0 radical (unpaired) electrons. The maximum atomic E-state index is 12.7. The molecule has 1 aromatic rings. The molecule has 1 rings (SSSR count). The third-order valence-electron chi connectivity index (χ3n) is 3.02. The van der Waals surface area contributed by atoms with Crippen molar-refractivity contribution in [1.82, 2.24) is 9.62 Å². The average molecular weight is 331 g/mol. The lowest BCUT2D eigenvalue weighted by Gasteiger charge is -2.20. The van der Waals surface area contributed by atoms with Crippen LogP contribution in [0.4, 0.5) is 0 Å². The Bertz CT molecular complexity index is 589. The number of thiophene rings is 1. The van der Waals surface area contributed by atoms with E-state index in [0.29, 0.717) is 30.6 Å². The molecule has 120 valence electrons. The van der Waals surface area contributed by atoms with Crippen LogP contribution < -0.4 is 5.32 Å². The molecule has 0 saturated carbocycles. The number of sulfonamides is 1. The van der Waals surface area contributed by atoms with Crippen molar-refractivity contribution in [2.45, 2.75) is 52.1 Å². The lowest BCUT2D eigenvalue weighted by Crippen LogP contribution is -2.32. The van der Waals surface area contributed by atoms with Crippen molar-refractivity contribution in [2.75, 3.05) is 13.1 Å². The fourth-order valence-electron chi connectivity index (χ4n) is 1.98. The van der Waals surface area contributed by atoms with Crippen LogP contribution in [0.3, 0.4) is 0 Å². The summed E-state index contributed by atoms with van der Waals surface area (Å²) in [6, 6.07) is 2.18. The largest absolute Gasteiger partial charge is 0.310 e. The summed E-state index contributed by atoms with van der Waals surface area (Å²) in [6.45, 7) is 15.0. The molecule has 0 aliphatic heterocycles. The van der Waals surface area contributed by atoms with Gasteiger partial charge in [-0.3, -0.25) is 0 Å². The number of rotatable bonds is 8. The second-order valence-corrected chi connectivity index (χ2v) is 8.80. The summed E-state index contributed by atoms with van der Waals surface area (Å²) >= 11 is 1.54. The molecule has 21 heavy (non-hydrogen) atoms. The molecule has 0 atom stereocenters. The van der Waals surface area contributed by atoms with Crippen LogP contribution >= 0.6 is 11.3 Å². The van der Waals surface area contributed by atoms with E-state index in [1.807, 2.05) is 20.8 Å². The van der Waals surface area contributed by atoms with Crippen LogP contribution in [0.5, 0.6) is 0 Å². The molecule has 0 unspecified atom stereocenters. The van der Waals surface area contributed by atoms with Crippen LogP contribution in [0.2, 0.25) is 0 Å². The minimum atomic E-state index is -3.44. The summed E-state index contributed by atoms with van der Waals surface area (Å²) in [7, 11) is -3.44. The molecule has 0 aliphatic carbocycles. The van der Waals surface area contributed by atoms with E-state index in [1.54, 1.807) is 6.07 Å². The molecule has 0 amide bonds. The minimum Gasteiger partial charge on any atom is -0.310 e. The Morgan fingerprint density at radius 1 is 1.48 bits per heavy atom. The molecule has 0 saturated heterocycles. The monoisotopic (exact) mass is 330 g/mol. The zero-order valence-corrected chi connectivity index (χ0v) is 15.2. The first-order chi connectivity index (χ1) is 9.68. The van der Waals surface area contributed by atoms with Crippen LogP contribution in [0.25, 0.3) is 0 Å². The van der Waals surface area contributed by atoms with Gasteiger partial charge in [-0.05, 0) is 19.9 Å². The fraction of sp³-hybridized carbons (Fsp3) is 0.600. The van der Waals surface area contributed by atoms with Crippen molar-refractivity contribution in [2.24, 2.45) is 0 Å². The van der Waals surface area contributed by atoms with Gasteiger partial charge in [0.05, 0.1) is 4.90 Å². The normalized spacial score (nSPS) is 12.3. The van der Waals surface area contributed by atoms with Crippen LogP contribution in [-0.2, 0) is 16.6 Å². The lowest BCUT2D eigenvalue weighted by molar-refractivity contribution is 0.452. The fourth-order valence-corrected chi connectivity index (χ4v) is 5.04. The highest BCUT2D eigenvalue weighted by atomic mass is 32.2. The van der Waals surface area contributed by atoms with E-state index in [1.165, 1.54) is 15.6 Å². The molecule has 1 heterocycles. The van der Waals surface area contributed by atoms with E-state index in [-0.39, 0.29) is 0 Å². The molecular formula is C15H26N2O2S2. The van der Waals surface area contributed by atoms with Crippen molar-refractivity contribution >= 4 is 21.4 Å². The number of hydrogen-bond donors (Lipinski definition) is 1. The Kier molecular flexibility index (Phi) is 6.59. The van der Waals surface area contributed by atoms with Gasteiger partial charge in [0.2, 0.25) is 10.0 Å². The Morgan fingerprint density at radius 3 is 2.57 bits per heavy atom. The third kappa shape index (κ3) is 4.92. The average Bonchev–Trinajstić information content (AvgIpc) is 2.75. The van der Waals surface area contributed by atoms with Crippen molar-refractivity contribution < 1.29 is 8.42 Å². The highest BCUT2D eigenvalue weighted by Crippen LogP contribution is 2.28. The maximum Gasteiger partial charge on any atom is 0.244 e. The molecule has 0 spiro atoms. The topological polar surface area (TPSA) is 49.4 Å². The Labute approximate surface area is 132 Å². The van der Waals surface area contributed by atoms with Gasteiger partial charge in [0.25, 0.3) is 0 Å². The van der Waals surface area contributed by atoms with Crippen molar-refractivity contribution in [1.29, 1.82) is 0 Å². The molecule has 4 nitrogen and oxygen atoms in total. The summed E-state index contributed by atoms with van der Waals surface area (Å²) in [5.41, 5.74) is 0.843. The number of nitrogens with one attached hydrogen (secondary N) is 1. The third-order valence-corrected chi connectivity index (χ3v) is 6.25. The van der Waals surface area contributed by atoms with Crippen molar-refractivity contribution in [3.8, 4) is 0 Å². The van der Waals surface area contributed by atoms with Gasteiger partial charge in [-0.2, -0.15) is 4.31 Å². The summed E-state index contributed by atoms with van der Waals surface area (Å²) in [5.74, 6) is 0. The molecule has 0 fully saturated rings. The highest BCUT2D eigenvalue weighted by Gasteiger charge is 2.26. The second kappa shape index (κ2) is 7.54. The molecule has 0 aliphatic rings. The molecular weight excluding hydrogens is 304 g/mol. The van der Waals surface area contributed by atoms with E-state index in [9.17, 15) is 8.42 Å². The van der Waals surface area contributed by atoms with E-state index in [2.05, 4.69) is 25.7 Å².